The van der Waals surface area contributed by atoms with Crippen molar-refractivity contribution in [2.75, 3.05) is 14.2 Å². The SMILES string of the molecule is COc1ccc(CNC(=O)/C(C#N)=C\c2cc(I)c(OCc3ccccc3)c(OC)c2)cc1. The van der Waals surface area contributed by atoms with Crippen LogP contribution in [0.3, 0.4) is 0 Å². The third-order valence-corrected chi connectivity index (χ3v) is 5.57. The molecule has 1 N–H and O–H groups in total. The lowest BCUT2D eigenvalue weighted by Crippen LogP contribution is -2.23. The Hall–Kier alpha value is -3.51. The normalized spacial score (nSPS) is 10.8. The molecule has 0 radical (unpaired) electrons. The molecule has 33 heavy (non-hydrogen) atoms. The average molecular weight is 554 g/mol. The van der Waals surface area contributed by atoms with Gasteiger partial charge in [0.05, 0.1) is 17.8 Å². The number of ether oxygens (including phenoxy) is 3. The maximum atomic E-state index is 12.6. The largest absolute Gasteiger partial charge is 0.497 e. The predicted octanol–water partition coefficient (Wildman–Crippen LogP) is 5.11. The number of benzene rings is 3. The highest BCUT2D eigenvalue weighted by Crippen LogP contribution is 2.35. The Bertz CT molecular complexity index is 1170. The number of nitriles is 1. The number of amides is 1. The molecular formula is C26H23IN2O4. The molecule has 0 bridgehead atoms. The van der Waals surface area contributed by atoms with Crippen LogP contribution in [-0.4, -0.2) is 20.1 Å². The van der Waals surface area contributed by atoms with Gasteiger partial charge in [0.25, 0.3) is 5.91 Å². The summed E-state index contributed by atoms with van der Waals surface area (Å²) < 4.78 is 17.4. The standard InChI is InChI=1S/C26H23IN2O4/c1-31-22-10-8-18(9-11-22)16-29-26(30)21(15-28)12-20-13-23(27)25(24(14-20)32-2)33-17-19-6-4-3-5-7-19/h3-14H,16-17H2,1-2H3,(H,29,30)/b21-12-. The summed E-state index contributed by atoms with van der Waals surface area (Å²) in [6.45, 7) is 0.703. The fourth-order valence-corrected chi connectivity index (χ4v) is 3.81. The number of methoxy groups -OCH3 is 2. The highest BCUT2D eigenvalue weighted by Gasteiger charge is 2.14. The number of nitrogens with one attached hydrogen (secondary N) is 1. The van der Waals surface area contributed by atoms with Gasteiger partial charge >= 0.3 is 0 Å². The van der Waals surface area contributed by atoms with E-state index in [1.54, 1.807) is 20.3 Å². The molecule has 7 heteroatoms. The van der Waals surface area contributed by atoms with E-state index in [0.717, 1.165) is 20.4 Å². The Balaban J connectivity index is 1.73. The zero-order valence-corrected chi connectivity index (χ0v) is 20.5. The smallest absolute Gasteiger partial charge is 0.262 e. The van der Waals surface area contributed by atoms with Crippen molar-refractivity contribution < 1.29 is 19.0 Å². The summed E-state index contributed by atoms with van der Waals surface area (Å²) in [7, 11) is 3.15. The molecule has 0 aliphatic heterocycles. The van der Waals surface area contributed by atoms with Gasteiger partial charge in [-0.15, -0.1) is 0 Å². The van der Waals surface area contributed by atoms with Crippen LogP contribution >= 0.6 is 22.6 Å². The second-order valence-electron chi connectivity index (χ2n) is 7.01. The number of carbonyl (C=O) groups is 1. The first kappa shape index (κ1) is 24.1. The predicted molar refractivity (Wildman–Crippen MR) is 135 cm³/mol. The van der Waals surface area contributed by atoms with Crippen LogP contribution in [0.25, 0.3) is 6.08 Å². The third kappa shape index (κ3) is 6.73. The van der Waals surface area contributed by atoms with Gasteiger partial charge in [0.1, 0.15) is 24.0 Å². The van der Waals surface area contributed by atoms with E-state index in [1.165, 1.54) is 6.08 Å². The van der Waals surface area contributed by atoms with Crippen molar-refractivity contribution in [2.24, 2.45) is 0 Å². The van der Waals surface area contributed by atoms with E-state index in [9.17, 15) is 10.1 Å². The molecule has 0 atom stereocenters. The van der Waals surface area contributed by atoms with Gasteiger partial charge in [-0.05, 0) is 69.6 Å². The molecule has 1 amide bonds. The number of halogens is 1. The van der Waals surface area contributed by atoms with Crippen molar-refractivity contribution in [2.45, 2.75) is 13.2 Å². The van der Waals surface area contributed by atoms with Crippen LogP contribution in [-0.2, 0) is 17.9 Å². The minimum absolute atomic E-state index is 0.000631. The molecular weight excluding hydrogens is 531 g/mol. The van der Waals surface area contributed by atoms with Gasteiger partial charge in [-0.2, -0.15) is 5.26 Å². The van der Waals surface area contributed by atoms with Crippen molar-refractivity contribution >= 4 is 34.6 Å². The molecule has 0 spiro atoms. The van der Waals surface area contributed by atoms with E-state index in [2.05, 4.69) is 27.9 Å². The molecule has 168 valence electrons. The quantitative estimate of drug-likeness (QED) is 0.226. The molecule has 0 fully saturated rings. The van der Waals surface area contributed by atoms with E-state index in [1.807, 2.05) is 66.7 Å². The number of hydrogen-bond donors (Lipinski definition) is 1. The van der Waals surface area contributed by atoms with E-state index >= 15 is 0 Å². The maximum Gasteiger partial charge on any atom is 0.262 e. The lowest BCUT2D eigenvalue weighted by atomic mass is 10.1. The first-order chi connectivity index (χ1) is 16.0. The molecule has 0 aromatic heterocycles. The summed E-state index contributed by atoms with van der Waals surface area (Å²) in [5, 5.41) is 12.3. The van der Waals surface area contributed by atoms with Crippen LogP contribution in [0.15, 0.2) is 72.3 Å². The van der Waals surface area contributed by atoms with Crippen LogP contribution in [0.2, 0.25) is 0 Å². The third-order valence-electron chi connectivity index (χ3n) is 4.77. The van der Waals surface area contributed by atoms with Gasteiger partial charge in [0.2, 0.25) is 0 Å². The lowest BCUT2D eigenvalue weighted by molar-refractivity contribution is -0.117. The van der Waals surface area contributed by atoms with Crippen molar-refractivity contribution in [1.82, 2.24) is 5.32 Å². The Kier molecular flexibility index (Phi) is 8.72. The molecule has 3 aromatic rings. The zero-order valence-electron chi connectivity index (χ0n) is 18.3. The fourth-order valence-electron chi connectivity index (χ4n) is 3.03. The fraction of sp³-hybridized carbons (Fsp3) is 0.154. The van der Waals surface area contributed by atoms with Gasteiger partial charge in [0, 0.05) is 6.54 Å². The van der Waals surface area contributed by atoms with Crippen LogP contribution in [0.1, 0.15) is 16.7 Å². The van der Waals surface area contributed by atoms with Crippen molar-refractivity contribution in [1.29, 1.82) is 5.26 Å². The summed E-state index contributed by atoms with van der Waals surface area (Å²) in [6, 6.07) is 22.8. The number of carbonyl (C=O) groups excluding carboxylic acids is 1. The first-order valence-electron chi connectivity index (χ1n) is 10.1. The van der Waals surface area contributed by atoms with Gasteiger partial charge in [0.15, 0.2) is 11.5 Å². The highest BCUT2D eigenvalue weighted by molar-refractivity contribution is 14.1. The summed E-state index contributed by atoms with van der Waals surface area (Å²) >= 11 is 2.16. The molecule has 0 aliphatic carbocycles. The Morgan fingerprint density at radius 2 is 1.76 bits per heavy atom. The van der Waals surface area contributed by atoms with Gasteiger partial charge in [-0.3, -0.25) is 4.79 Å². The minimum Gasteiger partial charge on any atom is -0.497 e. The second kappa shape index (κ2) is 11.9. The van der Waals surface area contributed by atoms with Gasteiger partial charge in [-0.1, -0.05) is 42.5 Å². The van der Waals surface area contributed by atoms with E-state index < -0.39 is 5.91 Å². The summed E-state index contributed by atoms with van der Waals surface area (Å²) in [5.74, 6) is 1.43. The first-order valence-corrected chi connectivity index (χ1v) is 11.2. The molecule has 0 unspecified atom stereocenters. The minimum atomic E-state index is -0.452. The Morgan fingerprint density at radius 3 is 2.39 bits per heavy atom. The lowest BCUT2D eigenvalue weighted by Gasteiger charge is -2.14. The Labute approximate surface area is 206 Å². The molecule has 0 saturated carbocycles. The number of nitrogens with zero attached hydrogens (tertiary/aromatic N) is 1. The highest BCUT2D eigenvalue weighted by atomic mass is 127. The second-order valence-corrected chi connectivity index (χ2v) is 8.17. The van der Waals surface area contributed by atoms with E-state index in [4.69, 9.17) is 14.2 Å². The molecule has 0 aliphatic rings. The molecule has 0 saturated heterocycles. The van der Waals surface area contributed by atoms with E-state index in [-0.39, 0.29) is 5.57 Å². The van der Waals surface area contributed by atoms with Crippen molar-refractivity contribution in [3.63, 3.8) is 0 Å². The Morgan fingerprint density at radius 1 is 1.03 bits per heavy atom. The van der Waals surface area contributed by atoms with Crippen LogP contribution in [0.5, 0.6) is 17.2 Å². The number of rotatable bonds is 9. The summed E-state index contributed by atoms with van der Waals surface area (Å²) in [5.41, 5.74) is 2.61. The topological polar surface area (TPSA) is 80.6 Å². The van der Waals surface area contributed by atoms with Crippen molar-refractivity contribution in [3.8, 4) is 23.3 Å². The number of hydrogen-bond acceptors (Lipinski definition) is 5. The molecule has 0 heterocycles. The van der Waals surface area contributed by atoms with E-state index in [0.29, 0.717) is 30.2 Å². The summed E-state index contributed by atoms with van der Waals surface area (Å²) in [6.07, 6.45) is 1.54. The summed E-state index contributed by atoms with van der Waals surface area (Å²) in [4.78, 5) is 12.6. The molecule has 3 aromatic carbocycles. The van der Waals surface area contributed by atoms with Crippen LogP contribution in [0.4, 0.5) is 0 Å². The zero-order chi connectivity index (χ0) is 23.6. The molecule has 6 nitrogen and oxygen atoms in total. The van der Waals surface area contributed by atoms with Crippen LogP contribution in [0, 0.1) is 14.9 Å². The molecule has 3 rings (SSSR count). The monoisotopic (exact) mass is 554 g/mol. The van der Waals surface area contributed by atoms with Crippen LogP contribution < -0.4 is 19.5 Å². The average Bonchev–Trinajstić information content (AvgIpc) is 2.85. The van der Waals surface area contributed by atoms with Gasteiger partial charge in [-0.25, -0.2) is 0 Å². The maximum absolute atomic E-state index is 12.6. The van der Waals surface area contributed by atoms with Gasteiger partial charge < -0.3 is 19.5 Å². The van der Waals surface area contributed by atoms with Crippen molar-refractivity contribution in [3.05, 3.63) is 92.6 Å².